The van der Waals surface area contributed by atoms with Crippen LogP contribution in [0.1, 0.15) is 26.7 Å². The standard InChI is InChI=1S/C9H16O2/c1-3-4-5-6-9(2)8(7-10)11-9/h3-4,8,10H,5-7H2,1-2H3/b4-3+/t8-,9-/m0/s1. The van der Waals surface area contributed by atoms with E-state index in [9.17, 15) is 0 Å². The summed E-state index contributed by atoms with van der Waals surface area (Å²) in [4.78, 5) is 0. The van der Waals surface area contributed by atoms with Gasteiger partial charge in [-0.25, -0.2) is 0 Å². The number of aliphatic hydroxyl groups excluding tert-OH is 1. The van der Waals surface area contributed by atoms with Crippen molar-refractivity contribution in [3.05, 3.63) is 12.2 Å². The second kappa shape index (κ2) is 3.37. The number of aliphatic hydroxyl groups is 1. The van der Waals surface area contributed by atoms with Gasteiger partial charge in [-0.05, 0) is 26.7 Å². The van der Waals surface area contributed by atoms with E-state index < -0.39 is 0 Å². The monoisotopic (exact) mass is 156 g/mol. The van der Waals surface area contributed by atoms with Crippen molar-refractivity contribution in [1.82, 2.24) is 0 Å². The van der Waals surface area contributed by atoms with Crippen LogP contribution in [-0.4, -0.2) is 23.4 Å². The summed E-state index contributed by atoms with van der Waals surface area (Å²) in [5, 5.41) is 8.76. The number of hydrogen-bond donors (Lipinski definition) is 1. The van der Waals surface area contributed by atoms with Gasteiger partial charge >= 0.3 is 0 Å². The maximum Gasteiger partial charge on any atom is 0.110 e. The first-order valence-corrected chi connectivity index (χ1v) is 4.13. The van der Waals surface area contributed by atoms with Crippen molar-refractivity contribution >= 4 is 0 Å². The number of rotatable bonds is 4. The second-order valence-corrected chi connectivity index (χ2v) is 3.21. The molecule has 11 heavy (non-hydrogen) atoms. The zero-order chi connectivity index (χ0) is 8.32. The minimum atomic E-state index is -0.0335. The summed E-state index contributed by atoms with van der Waals surface area (Å²) in [5.41, 5.74) is -0.0335. The molecule has 1 aliphatic heterocycles. The third kappa shape index (κ3) is 2.04. The van der Waals surface area contributed by atoms with Crippen molar-refractivity contribution in [2.24, 2.45) is 0 Å². The highest BCUT2D eigenvalue weighted by atomic mass is 16.6. The molecule has 0 radical (unpaired) electrons. The fourth-order valence-electron chi connectivity index (χ4n) is 1.28. The molecule has 1 N–H and O–H groups in total. The van der Waals surface area contributed by atoms with Crippen LogP contribution >= 0.6 is 0 Å². The molecule has 0 aromatic heterocycles. The van der Waals surface area contributed by atoms with Gasteiger partial charge in [0.25, 0.3) is 0 Å². The number of ether oxygens (including phenoxy) is 1. The van der Waals surface area contributed by atoms with Crippen molar-refractivity contribution in [3.8, 4) is 0 Å². The fourth-order valence-corrected chi connectivity index (χ4v) is 1.28. The van der Waals surface area contributed by atoms with Crippen LogP contribution in [0.4, 0.5) is 0 Å². The van der Waals surface area contributed by atoms with Crippen LogP contribution in [-0.2, 0) is 4.74 Å². The molecule has 0 amide bonds. The van der Waals surface area contributed by atoms with E-state index >= 15 is 0 Å². The van der Waals surface area contributed by atoms with Gasteiger partial charge in [0.1, 0.15) is 6.10 Å². The van der Waals surface area contributed by atoms with E-state index in [1.165, 1.54) is 0 Å². The van der Waals surface area contributed by atoms with E-state index in [-0.39, 0.29) is 18.3 Å². The molecule has 1 fully saturated rings. The van der Waals surface area contributed by atoms with E-state index in [4.69, 9.17) is 9.84 Å². The number of hydrogen-bond acceptors (Lipinski definition) is 2. The van der Waals surface area contributed by atoms with Gasteiger partial charge in [0.15, 0.2) is 0 Å². The highest BCUT2D eigenvalue weighted by Gasteiger charge is 2.50. The van der Waals surface area contributed by atoms with Gasteiger partial charge in [0.2, 0.25) is 0 Å². The molecule has 2 atom stereocenters. The van der Waals surface area contributed by atoms with Crippen molar-refractivity contribution in [3.63, 3.8) is 0 Å². The van der Waals surface area contributed by atoms with Crippen molar-refractivity contribution in [1.29, 1.82) is 0 Å². The molecule has 1 saturated heterocycles. The summed E-state index contributed by atoms with van der Waals surface area (Å²) in [6.07, 6.45) is 6.32. The highest BCUT2D eigenvalue weighted by molar-refractivity contribution is 4.99. The largest absolute Gasteiger partial charge is 0.394 e. The van der Waals surface area contributed by atoms with Crippen LogP contribution in [0.5, 0.6) is 0 Å². The van der Waals surface area contributed by atoms with Crippen LogP contribution in [0.3, 0.4) is 0 Å². The number of allylic oxidation sites excluding steroid dienone is 2. The van der Waals surface area contributed by atoms with Crippen LogP contribution in [0.2, 0.25) is 0 Å². The van der Waals surface area contributed by atoms with Crippen molar-refractivity contribution in [2.75, 3.05) is 6.61 Å². The Kier molecular flexibility index (Phi) is 2.68. The molecule has 64 valence electrons. The molecule has 2 heteroatoms. The lowest BCUT2D eigenvalue weighted by molar-refractivity contribution is 0.235. The van der Waals surface area contributed by atoms with E-state index in [2.05, 4.69) is 13.0 Å². The minimum absolute atomic E-state index is 0.0335. The summed E-state index contributed by atoms with van der Waals surface area (Å²) in [6.45, 7) is 4.23. The minimum Gasteiger partial charge on any atom is -0.394 e. The smallest absolute Gasteiger partial charge is 0.110 e. The SMILES string of the molecule is C/C=C/CC[C@]1(C)O[C@H]1CO. The average molecular weight is 156 g/mol. The highest BCUT2D eigenvalue weighted by Crippen LogP contribution is 2.39. The zero-order valence-electron chi connectivity index (χ0n) is 7.21. The van der Waals surface area contributed by atoms with E-state index in [0.29, 0.717) is 0 Å². The molecule has 1 heterocycles. The molecule has 0 aromatic carbocycles. The Labute approximate surface area is 67.9 Å². The van der Waals surface area contributed by atoms with E-state index in [0.717, 1.165) is 12.8 Å². The lowest BCUT2D eigenvalue weighted by Gasteiger charge is -2.01. The van der Waals surface area contributed by atoms with Crippen LogP contribution < -0.4 is 0 Å². The Hall–Kier alpha value is -0.340. The Morgan fingerprint density at radius 1 is 1.64 bits per heavy atom. The molecule has 0 unspecified atom stereocenters. The molecule has 1 aliphatic rings. The zero-order valence-corrected chi connectivity index (χ0v) is 7.21. The summed E-state index contributed by atoms with van der Waals surface area (Å²) < 4.78 is 5.32. The molecular weight excluding hydrogens is 140 g/mol. The van der Waals surface area contributed by atoms with E-state index in [1.807, 2.05) is 13.0 Å². The summed E-state index contributed by atoms with van der Waals surface area (Å²) in [7, 11) is 0. The lowest BCUT2D eigenvalue weighted by Crippen LogP contribution is -2.11. The van der Waals surface area contributed by atoms with Gasteiger partial charge in [-0.3, -0.25) is 0 Å². The van der Waals surface area contributed by atoms with Gasteiger partial charge in [-0.1, -0.05) is 12.2 Å². The molecular formula is C9H16O2. The van der Waals surface area contributed by atoms with Gasteiger partial charge in [-0.15, -0.1) is 0 Å². The Balaban J connectivity index is 2.17. The Morgan fingerprint density at radius 2 is 2.36 bits per heavy atom. The molecule has 0 aliphatic carbocycles. The van der Waals surface area contributed by atoms with Crippen LogP contribution in [0.25, 0.3) is 0 Å². The summed E-state index contributed by atoms with van der Waals surface area (Å²) in [6, 6.07) is 0. The first kappa shape index (κ1) is 8.75. The first-order valence-electron chi connectivity index (χ1n) is 4.13. The molecule has 0 aromatic rings. The molecule has 0 spiro atoms. The maximum absolute atomic E-state index is 8.76. The predicted molar refractivity (Wildman–Crippen MR) is 44.4 cm³/mol. The lowest BCUT2D eigenvalue weighted by atomic mass is 10.0. The first-order chi connectivity index (χ1) is 5.23. The molecule has 0 bridgehead atoms. The van der Waals surface area contributed by atoms with Gasteiger partial charge in [0.05, 0.1) is 12.2 Å². The van der Waals surface area contributed by atoms with Gasteiger partial charge < -0.3 is 9.84 Å². The molecule has 2 nitrogen and oxygen atoms in total. The second-order valence-electron chi connectivity index (χ2n) is 3.21. The maximum atomic E-state index is 8.76. The van der Waals surface area contributed by atoms with Crippen LogP contribution in [0.15, 0.2) is 12.2 Å². The third-order valence-electron chi connectivity index (χ3n) is 2.24. The van der Waals surface area contributed by atoms with Crippen molar-refractivity contribution < 1.29 is 9.84 Å². The predicted octanol–water partition coefficient (Wildman–Crippen LogP) is 1.49. The summed E-state index contributed by atoms with van der Waals surface area (Å²) >= 11 is 0. The number of epoxide rings is 1. The normalized spacial score (nSPS) is 36.5. The summed E-state index contributed by atoms with van der Waals surface area (Å²) in [5.74, 6) is 0. The fraction of sp³-hybridized carbons (Fsp3) is 0.778. The Bertz CT molecular complexity index is 154. The topological polar surface area (TPSA) is 32.8 Å². The molecule has 0 saturated carbocycles. The van der Waals surface area contributed by atoms with Crippen molar-refractivity contribution in [2.45, 2.75) is 38.4 Å². The van der Waals surface area contributed by atoms with E-state index in [1.54, 1.807) is 0 Å². The third-order valence-corrected chi connectivity index (χ3v) is 2.24. The van der Waals surface area contributed by atoms with Crippen LogP contribution in [0, 0.1) is 0 Å². The molecule has 1 rings (SSSR count). The van der Waals surface area contributed by atoms with Gasteiger partial charge in [-0.2, -0.15) is 0 Å². The average Bonchev–Trinajstić information content (AvgIpc) is 2.63. The van der Waals surface area contributed by atoms with Gasteiger partial charge in [0, 0.05) is 0 Å². The quantitative estimate of drug-likeness (QED) is 0.494. The Morgan fingerprint density at radius 3 is 2.82 bits per heavy atom.